The standard InChI is InChI=1S/C21H24ClN5O/c1-3-16-17(14-23)21(25-24-19(16)4-2)27-11-9-26(10-12-27)20(28)13-15-7-5-6-8-18(15)22/h5-8H,3-4,9-13H2,1-2H3. The Hall–Kier alpha value is -2.65. The number of rotatable bonds is 5. The van der Waals surface area contributed by atoms with Crippen molar-refractivity contribution >= 4 is 23.3 Å². The SMILES string of the molecule is CCc1nnc(N2CCN(C(=O)Cc3ccccc3Cl)CC2)c(C#N)c1CC. The summed E-state index contributed by atoms with van der Waals surface area (Å²) in [6, 6.07) is 9.75. The van der Waals surface area contributed by atoms with Crippen LogP contribution in [0.15, 0.2) is 24.3 Å². The lowest BCUT2D eigenvalue weighted by Gasteiger charge is -2.36. The van der Waals surface area contributed by atoms with Crippen molar-refractivity contribution < 1.29 is 4.79 Å². The van der Waals surface area contributed by atoms with Gasteiger partial charge in [-0.3, -0.25) is 4.79 Å². The van der Waals surface area contributed by atoms with Crippen LogP contribution >= 0.6 is 11.6 Å². The normalized spacial score (nSPS) is 14.1. The summed E-state index contributed by atoms with van der Waals surface area (Å²) in [5.41, 5.74) is 3.32. The average Bonchev–Trinajstić information content (AvgIpc) is 2.74. The second-order valence-corrected chi connectivity index (χ2v) is 7.19. The van der Waals surface area contributed by atoms with Gasteiger partial charge in [0.1, 0.15) is 11.6 Å². The maximum Gasteiger partial charge on any atom is 0.227 e. The molecule has 7 heteroatoms. The topological polar surface area (TPSA) is 73.1 Å². The van der Waals surface area contributed by atoms with E-state index >= 15 is 0 Å². The molecule has 1 aliphatic heterocycles. The number of anilines is 1. The quantitative estimate of drug-likeness (QED) is 0.775. The van der Waals surface area contributed by atoms with Crippen molar-refractivity contribution in [1.29, 1.82) is 5.26 Å². The molecule has 1 aromatic carbocycles. The number of aryl methyl sites for hydroxylation is 1. The molecule has 0 spiro atoms. The van der Waals surface area contributed by atoms with Crippen LogP contribution in [-0.2, 0) is 24.1 Å². The molecule has 6 nitrogen and oxygen atoms in total. The number of amides is 1. The third kappa shape index (κ3) is 4.10. The third-order valence-corrected chi connectivity index (χ3v) is 5.54. The molecule has 2 aromatic rings. The van der Waals surface area contributed by atoms with Crippen molar-refractivity contribution in [1.82, 2.24) is 15.1 Å². The zero-order valence-corrected chi connectivity index (χ0v) is 17.0. The first kappa shape index (κ1) is 20.1. The highest BCUT2D eigenvalue weighted by Crippen LogP contribution is 2.24. The van der Waals surface area contributed by atoms with E-state index in [1.54, 1.807) is 6.07 Å². The Bertz CT molecular complexity index is 900. The van der Waals surface area contributed by atoms with Gasteiger partial charge in [0.15, 0.2) is 5.82 Å². The molecule has 1 amide bonds. The van der Waals surface area contributed by atoms with E-state index in [0.717, 1.165) is 29.7 Å². The number of carbonyl (C=O) groups is 1. The summed E-state index contributed by atoms with van der Waals surface area (Å²) in [6.07, 6.45) is 1.81. The van der Waals surface area contributed by atoms with Gasteiger partial charge in [0.25, 0.3) is 0 Å². The minimum atomic E-state index is 0.0647. The van der Waals surface area contributed by atoms with E-state index in [9.17, 15) is 10.1 Å². The number of carbonyl (C=O) groups excluding carboxylic acids is 1. The lowest BCUT2D eigenvalue weighted by molar-refractivity contribution is -0.130. The predicted molar refractivity (Wildman–Crippen MR) is 109 cm³/mol. The van der Waals surface area contributed by atoms with E-state index in [1.165, 1.54) is 0 Å². The molecule has 0 radical (unpaired) electrons. The second-order valence-electron chi connectivity index (χ2n) is 6.78. The smallest absolute Gasteiger partial charge is 0.227 e. The summed E-state index contributed by atoms with van der Waals surface area (Å²) >= 11 is 6.17. The van der Waals surface area contributed by atoms with Crippen LogP contribution in [0.3, 0.4) is 0 Å². The highest BCUT2D eigenvalue weighted by Gasteiger charge is 2.25. The predicted octanol–water partition coefficient (Wildman–Crippen LogP) is 3.02. The van der Waals surface area contributed by atoms with E-state index < -0.39 is 0 Å². The van der Waals surface area contributed by atoms with Crippen molar-refractivity contribution in [3.05, 3.63) is 51.7 Å². The molecule has 1 aliphatic rings. The summed E-state index contributed by atoms with van der Waals surface area (Å²) in [4.78, 5) is 16.5. The molecule has 146 valence electrons. The van der Waals surface area contributed by atoms with Crippen molar-refractivity contribution in [3.63, 3.8) is 0 Å². The van der Waals surface area contributed by atoms with E-state index in [1.807, 2.05) is 36.9 Å². The lowest BCUT2D eigenvalue weighted by atomic mass is 10.0. The fraction of sp³-hybridized carbons (Fsp3) is 0.429. The summed E-state index contributed by atoms with van der Waals surface area (Å²) in [5, 5.41) is 19.0. The fourth-order valence-electron chi connectivity index (χ4n) is 3.59. The first-order valence-corrected chi connectivity index (χ1v) is 10.0. The maximum absolute atomic E-state index is 12.6. The summed E-state index contributed by atoms with van der Waals surface area (Å²) in [5.74, 6) is 0.699. The molecular formula is C21H24ClN5O. The molecule has 0 atom stereocenters. The minimum Gasteiger partial charge on any atom is -0.350 e. The summed E-state index contributed by atoms with van der Waals surface area (Å²) in [7, 11) is 0. The Balaban J connectivity index is 1.70. The van der Waals surface area contributed by atoms with Crippen LogP contribution in [-0.4, -0.2) is 47.2 Å². The van der Waals surface area contributed by atoms with Gasteiger partial charge in [-0.2, -0.15) is 10.4 Å². The van der Waals surface area contributed by atoms with Crippen LogP contribution in [0, 0.1) is 11.3 Å². The highest BCUT2D eigenvalue weighted by atomic mass is 35.5. The van der Waals surface area contributed by atoms with Crippen LogP contribution in [0.1, 0.15) is 36.2 Å². The molecule has 2 heterocycles. The van der Waals surface area contributed by atoms with Gasteiger partial charge in [0.05, 0.1) is 12.1 Å². The van der Waals surface area contributed by atoms with E-state index in [-0.39, 0.29) is 5.91 Å². The molecule has 0 unspecified atom stereocenters. The Kier molecular flexibility index (Phi) is 6.48. The van der Waals surface area contributed by atoms with Crippen LogP contribution in [0.25, 0.3) is 0 Å². The third-order valence-electron chi connectivity index (χ3n) is 5.17. The fourth-order valence-corrected chi connectivity index (χ4v) is 3.79. The van der Waals surface area contributed by atoms with Gasteiger partial charge in [-0.25, -0.2) is 0 Å². The molecule has 0 aliphatic carbocycles. The van der Waals surface area contributed by atoms with Gasteiger partial charge in [-0.15, -0.1) is 5.10 Å². The summed E-state index contributed by atoms with van der Waals surface area (Å²) < 4.78 is 0. The Morgan fingerprint density at radius 1 is 1.14 bits per heavy atom. The monoisotopic (exact) mass is 397 g/mol. The first-order valence-electron chi connectivity index (χ1n) is 9.63. The van der Waals surface area contributed by atoms with Gasteiger partial charge < -0.3 is 9.80 Å². The Morgan fingerprint density at radius 3 is 2.46 bits per heavy atom. The summed E-state index contributed by atoms with van der Waals surface area (Å²) in [6.45, 7) is 6.50. The molecule has 0 saturated carbocycles. The number of halogens is 1. The zero-order chi connectivity index (χ0) is 20.1. The van der Waals surface area contributed by atoms with Gasteiger partial charge in [0.2, 0.25) is 5.91 Å². The molecule has 1 fully saturated rings. The average molecular weight is 398 g/mol. The van der Waals surface area contributed by atoms with Crippen molar-refractivity contribution in [2.24, 2.45) is 0 Å². The van der Waals surface area contributed by atoms with Gasteiger partial charge in [-0.05, 0) is 30.0 Å². The number of piperazine rings is 1. The maximum atomic E-state index is 12.6. The molecule has 1 aromatic heterocycles. The molecule has 1 saturated heterocycles. The molecule has 0 bridgehead atoms. The van der Waals surface area contributed by atoms with Crippen LogP contribution in [0.2, 0.25) is 5.02 Å². The van der Waals surface area contributed by atoms with Crippen molar-refractivity contribution in [2.45, 2.75) is 33.1 Å². The van der Waals surface area contributed by atoms with E-state index in [2.05, 4.69) is 21.2 Å². The molecule has 3 rings (SSSR count). The van der Waals surface area contributed by atoms with E-state index in [4.69, 9.17) is 11.6 Å². The first-order chi connectivity index (χ1) is 13.6. The number of hydrogen-bond donors (Lipinski definition) is 0. The van der Waals surface area contributed by atoms with Gasteiger partial charge >= 0.3 is 0 Å². The number of aromatic nitrogens is 2. The molecular weight excluding hydrogens is 374 g/mol. The number of nitriles is 1. The van der Waals surface area contributed by atoms with Crippen LogP contribution in [0.4, 0.5) is 5.82 Å². The number of benzene rings is 1. The lowest BCUT2D eigenvalue weighted by Crippen LogP contribution is -2.49. The number of hydrogen-bond acceptors (Lipinski definition) is 5. The minimum absolute atomic E-state index is 0.0647. The van der Waals surface area contributed by atoms with Crippen LogP contribution in [0.5, 0.6) is 0 Å². The zero-order valence-electron chi connectivity index (χ0n) is 16.3. The van der Waals surface area contributed by atoms with Gasteiger partial charge in [0, 0.05) is 31.2 Å². The highest BCUT2D eigenvalue weighted by molar-refractivity contribution is 6.31. The Morgan fingerprint density at radius 2 is 1.86 bits per heavy atom. The van der Waals surface area contributed by atoms with E-state index in [0.29, 0.717) is 49.0 Å². The molecule has 0 N–H and O–H groups in total. The Labute approximate surface area is 170 Å². The van der Waals surface area contributed by atoms with Gasteiger partial charge in [-0.1, -0.05) is 43.6 Å². The van der Waals surface area contributed by atoms with Crippen LogP contribution < -0.4 is 4.90 Å². The van der Waals surface area contributed by atoms with Crippen molar-refractivity contribution in [3.8, 4) is 6.07 Å². The molecule has 28 heavy (non-hydrogen) atoms. The van der Waals surface area contributed by atoms with Crippen molar-refractivity contribution in [2.75, 3.05) is 31.1 Å². The largest absolute Gasteiger partial charge is 0.350 e. The number of nitrogens with zero attached hydrogens (tertiary/aromatic N) is 5. The second kappa shape index (κ2) is 9.03.